The highest BCUT2D eigenvalue weighted by Gasteiger charge is 2.14. The minimum absolute atomic E-state index is 0.176. The first-order valence-corrected chi connectivity index (χ1v) is 6.90. The fourth-order valence-electron chi connectivity index (χ4n) is 2.06. The lowest BCUT2D eigenvalue weighted by Crippen LogP contribution is -2.27. The predicted molar refractivity (Wildman–Crippen MR) is 73.0 cm³/mol. The maximum Gasteiger partial charge on any atom is 0.304 e. The van der Waals surface area contributed by atoms with Gasteiger partial charge in [-0.25, -0.2) is 0 Å². The Labute approximate surface area is 114 Å². The zero-order valence-corrected chi connectivity index (χ0v) is 12.1. The highest BCUT2D eigenvalue weighted by molar-refractivity contribution is 5.66. The molecule has 1 aromatic rings. The monoisotopic (exact) mass is 268 g/mol. The van der Waals surface area contributed by atoms with Crippen LogP contribution in [0.1, 0.15) is 49.6 Å². The molecule has 0 radical (unpaired) electrons. The Kier molecular flexibility index (Phi) is 6.56. The molecule has 19 heavy (non-hydrogen) atoms. The fraction of sp³-hybridized carbons (Fsp3) is 0.714. The molecule has 0 aliphatic rings. The average Bonchev–Trinajstić information content (AvgIpc) is 2.67. The molecule has 0 amide bonds. The number of carbonyl (C=O) groups is 1. The second-order valence-corrected chi connectivity index (χ2v) is 4.93. The molecule has 0 aliphatic heterocycles. The number of carboxylic acids is 1. The lowest BCUT2D eigenvalue weighted by atomic mass is 10.1. The molecule has 0 aliphatic carbocycles. The summed E-state index contributed by atoms with van der Waals surface area (Å²) in [6, 6.07) is 0. The molecule has 108 valence electrons. The van der Waals surface area contributed by atoms with Crippen LogP contribution in [0.15, 0.2) is 4.52 Å². The van der Waals surface area contributed by atoms with Gasteiger partial charge in [-0.15, -0.1) is 0 Å². The topological polar surface area (TPSA) is 66.6 Å². The Bertz CT molecular complexity index is 382. The van der Waals surface area contributed by atoms with Crippen molar-refractivity contribution in [3.8, 4) is 0 Å². The van der Waals surface area contributed by atoms with Crippen LogP contribution in [-0.4, -0.2) is 34.2 Å². The highest BCUT2D eigenvalue weighted by Crippen LogP contribution is 2.15. The van der Waals surface area contributed by atoms with Gasteiger partial charge in [0.05, 0.1) is 12.1 Å². The summed E-state index contributed by atoms with van der Waals surface area (Å²) < 4.78 is 5.15. The van der Waals surface area contributed by atoms with E-state index < -0.39 is 5.97 Å². The summed E-state index contributed by atoms with van der Waals surface area (Å²) in [5.41, 5.74) is 1.98. The summed E-state index contributed by atoms with van der Waals surface area (Å²) in [4.78, 5) is 12.9. The van der Waals surface area contributed by atoms with Crippen LogP contribution in [-0.2, 0) is 11.3 Å². The Morgan fingerprint density at radius 3 is 2.58 bits per heavy atom. The summed E-state index contributed by atoms with van der Waals surface area (Å²) in [7, 11) is 0. The van der Waals surface area contributed by atoms with Crippen molar-refractivity contribution in [2.75, 3.05) is 13.1 Å². The molecule has 0 atom stereocenters. The second kappa shape index (κ2) is 7.94. The summed E-state index contributed by atoms with van der Waals surface area (Å²) in [6.07, 6.45) is 3.61. The number of aromatic nitrogens is 1. The van der Waals surface area contributed by atoms with Crippen LogP contribution in [0.3, 0.4) is 0 Å². The summed E-state index contributed by atoms with van der Waals surface area (Å²) in [5, 5.41) is 12.8. The van der Waals surface area contributed by atoms with Gasteiger partial charge in [0, 0.05) is 18.7 Å². The largest absolute Gasteiger partial charge is 0.481 e. The van der Waals surface area contributed by atoms with Gasteiger partial charge in [-0.05, 0) is 26.8 Å². The van der Waals surface area contributed by atoms with Crippen LogP contribution in [0.5, 0.6) is 0 Å². The van der Waals surface area contributed by atoms with E-state index in [-0.39, 0.29) is 6.42 Å². The molecule has 0 bridgehead atoms. The number of aryl methyl sites for hydroxylation is 2. The molecule has 1 aromatic heterocycles. The van der Waals surface area contributed by atoms with E-state index in [9.17, 15) is 4.79 Å². The van der Waals surface area contributed by atoms with Crippen molar-refractivity contribution in [1.82, 2.24) is 10.1 Å². The SMILES string of the molecule is CCCCCN(CCC(=O)O)Cc1c(C)noc1C. The molecule has 0 unspecified atom stereocenters. The fourth-order valence-corrected chi connectivity index (χ4v) is 2.06. The first-order chi connectivity index (χ1) is 9.04. The maximum atomic E-state index is 10.7. The van der Waals surface area contributed by atoms with Crippen LogP contribution in [0.4, 0.5) is 0 Å². The van der Waals surface area contributed by atoms with Crippen LogP contribution in [0, 0.1) is 13.8 Å². The third kappa shape index (κ3) is 5.42. The Hall–Kier alpha value is -1.36. The highest BCUT2D eigenvalue weighted by atomic mass is 16.5. The van der Waals surface area contributed by atoms with Crippen LogP contribution in [0.25, 0.3) is 0 Å². The van der Waals surface area contributed by atoms with Gasteiger partial charge in [-0.2, -0.15) is 0 Å². The lowest BCUT2D eigenvalue weighted by Gasteiger charge is -2.21. The van der Waals surface area contributed by atoms with Crippen molar-refractivity contribution in [2.24, 2.45) is 0 Å². The van der Waals surface area contributed by atoms with Gasteiger partial charge in [0.1, 0.15) is 5.76 Å². The zero-order chi connectivity index (χ0) is 14.3. The number of hydrogen-bond acceptors (Lipinski definition) is 4. The number of hydrogen-bond donors (Lipinski definition) is 1. The van der Waals surface area contributed by atoms with Crippen LogP contribution < -0.4 is 0 Å². The van der Waals surface area contributed by atoms with Crippen molar-refractivity contribution in [2.45, 2.75) is 53.0 Å². The maximum absolute atomic E-state index is 10.7. The third-order valence-electron chi connectivity index (χ3n) is 3.28. The number of nitrogens with zero attached hydrogens (tertiary/aromatic N) is 2. The third-order valence-corrected chi connectivity index (χ3v) is 3.28. The van der Waals surface area contributed by atoms with E-state index in [2.05, 4.69) is 17.0 Å². The molecule has 1 N–H and O–H groups in total. The van der Waals surface area contributed by atoms with Gasteiger partial charge in [0.25, 0.3) is 0 Å². The number of unbranched alkanes of at least 4 members (excludes halogenated alkanes) is 2. The van der Waals surface area contributed by atoms with E-state index in [0.717, 1.165) is 42.9 Å². The van der Waals surface area contributed by atoms with E-state index >= 15 is 0 Å². The lowest BCUT2D eigenvalue weighted by molar-refractivity contribution is -0.137. The molecule has 1 heterocycles. The quantitative estimate of drug-likeness (QED) is 0.697. The molecule has 0 aromatic carbocycles. The minimum atomic E-state index is -0.751. The van der Waals surface area contributed by atoms with E-state index in [1.807, 2.05) is 13.8 Å². The van der Waals surface area contributed by atoms with Gasteiger partial charge in [0.2, 0.25) is 0 Å². The van der Waals surface area contributed by atoms with Crippen molar-refractivity contribution in [3.05, 3.63) is 17.0 Å². The van der Waals surface area contributed by atoms with Crippen molar-refractivity contribution < 1.29 is 14.4 Å². The smallest absolute Gasteiger partial charge is 0.304 e. The molecular weight excluding hydrogens is 244 g/mol. The first kappa shape index (κ1) is 15.7. The number of carboxylic acid groups (broad SMARTS) is 1. The van der Waals surface area contributed by atoms with Crippen molar-refractivity contribution in [3.63, 3.8) is 0 Å². The molecular formula is C14H24N2O3. The normalized spacial score (nSPS) is 11.2. The Morgan fingerprint density at radius 1 is 1.32 bits per heavy atom. The van der Waals surface area contributed by atoms with Gasteiger partial charge >= 0.3 is 5.97 Å². The molecule has 0 saturated heterocycles. The molecule has 0 fully saturated rings. The predicted octanol–water partition coefficient (Wildman–Crippen LogP) is 2.76. The average molecular weight is 268 g/mol. The van der Waals surface area contributed by atoms with Gasteiger partial charge < -0.3 is 9.63 Å². The van der Waals surface area contributed by atoms with E-state index in [1.165, 1.54) is 6.42 Å². The van der Waals surface area contributed by atoms with Crippen LogP contribution >= 0.6 is 0 Å². The number of rotatable bonds is 9. The number of aliphatic carboxylic acids is 1. The van der Waals surface area contributed by atoms with E-state index in [4.69, 9.17) is 9.63 Å². The standard InChI is InChI=1S/C14H24N2O3/c1-4-5-6-8-16(9-7-14(17)18)10-13-11(2)15-19-12(13)3/h4-10H2,1-3H3,(H,17,18). The summed E-state index contributed by atoms with van der Waals surface area (Å²) in [6.45, 7) is 8.20. The molecule has 0 spiro atoms. The molecule has 0 saturated carbocycles. The van der Waals surface area contributed by atoms with Gasteiger partial charge in [0.15, 0.2) is 0 Å². The molecule has 5 nitrogen and oxygen atoms in total. The Morgan fingerprint density at radius 2 is 2.05 bits per heavy atom. The molecule has 1 rings (SSSR count). The summed E-state index contributed by atoms with van der Waals surface area (Å²) in [5.74, 6) is 0.0765. The van der Waals surface area contributed by atoms with Gasteiger partial charge in [-0.1, -0.05) is 24.9 Å². The summed E-state index contributed by atoms with van der Waals surface area (Å²) >= 11 is 0. The minimum Gasteiger partial charge on any atom is -0.481 e. The van der Waals surface area contributed by atoms with E-state index in [1.54, 1.807) is 0 Å². The van der Waals surface area contributed by atoms with E-state index in [0.29, 0.717) is 6.54 Å². The molecule has 5 heteroatoms. The Balaban J connectivity index is 2.59. The first-order valence-electron chi connectivity index (χ1n) is 6.90. The van der Waals surface area contributed by atoms with Crippen molar-refractivity contribution in [1.29, 1.82) is 0 Å². The van der Waals surface area contributed by atoms with Gasteiger partial charge in [-0.3, -0.25) is 9.69 Å². The zero-order valence-electron chi connectivity index (χ0n) is 12.1. The van der Waals surface area contributed by atoms with Crippen LogP contribution in [0.2, 0.25) is 0 Å². The van der Waals surface area contributed by atoms with Crippen molar-refractivity contribution >= 4 is 5.97 Å². The second-order valence-electron chi connectivity index (χ2n) is 4.93.